The molecule has 1 N–H and O–H groups in total. The molecule has 0 heterocycles. The number of carbonyl (C=O) groups excluding carboxylic acids is 1. The molecule has 9 nitrogen and oxygen atoms in total. The maximum absolute atomic E-state index is 12.7. The maximum atomic E-state index is 12.7. The number of para-hydroxylation sites is 1. The first-order valence-electron chi connectivity index (χ1n) is 9.18. The quantitative estimate of drug-likeness (QED) is 0.380. The Balaban J connectivity index is 1.85. The predicted octanol–water partition coefficient (Wildman–Crippen LogP) is 4.45. The molecule has 32 heavy (non-hydrogen) atoms. The number of halogens is 1. The summed E-state index contributed by atoms with van der Waals surface area (Å²) in [7, 11) is -3.92. The van der Waals surface area contributed by atoms with Crippen molar-refractivity contribution in [1.82, 2.24) is 0 Å². The number of rotatable bonds is 8. The summed E-state index contributed by atoms with van der Waals surface area (Å²) in [6.07, 6.45) is 0.905. The SMILES string of the molecule is CS(=O)(=O)N(CC(=O)Nc1cc(Cl)ccc1Oc1ccccc1)c1cccc([N+](=O)[O-])c1. The van der Waals surface area contributed by atoms with E-state index in [4.69, 9.17) is 16.3 Å². The zero-order chi connectivity index (χ0) is 23.3. The van der Waals surface area contributed by atoms with E-state index >= 15 is 0 Å². The Bertz CT molecular complexity index is 1250. The summed E-state index contributed by atoms with van der Waals surface area (Å²) in [6, 6.07) is 18.5. The van der Waals surface area contributed by atoms with E-state index in [-0.39, 0.29) is 17.1 Å². The van der Waals surface area contributed by atoms with E-state index < -0.39 is 27.4 Å². The molecule has 11 heteroatoms. The Morgan fingerprint density at radius 3 is 2.47 bits per heavy atom. The fraction of sp³-hybridized carbons (Fsp3) is 0.0952. The van der Waals surface area contributed by atoms with Gasteiger partial charge in [-0.1, -0.05) is 35.9 Å². The summed E-state index contributed by atoms with van der Waals surface area (Å²) in [5.41, 5.74) is -0.0764. The van der Waals surface area contributed by atoms with Gasteiger partial charge in [-0.05, 0) is 36.4 Å². The van der Waals surface area contributed by atoms with Crippen LogP contribution in [-0.2, 0) is 14.8 Å². The van der Waals surface area contributed by atoms with Crippen molar-refractivity contribution in [3.8, 4) is 11.5 Å². The van der Waals surface area contributed by atoms with E-state index in [9.17, 15) is 23.3 Å². The number of anilines is 2. The number of non-ortho nitro benzene ring substituents is 1. The topological polar surface area (TPSA) is 119 Å². The number of ether oxygens (including phenoxy) is 1. The van der Waals surface area contributed by atoms with Gasteiger partial charge in [0.1, 0.15) is 12.3 Å². The third-order valence-corrected chi connectivity index (χ3v) is 5.58. The van der Waals surface area contributed by atoms with Crippen molar-refractivity contribution in [1.29, 1.82) is 0 Å². The first kappa shape index (κ1) is 23.0. The molecule has 3 rings (SSSR count). The first-order chi connectivity index (χ1) is 15.1. The van der Waals surface area contributed by atoms with E-state index in [0.29, 0.717) is 16.5 Å². The summed E-state index contributed by atoms with van der Waals surface area (Å²) < 4.78 is 31.1. The summed E-state index contributed by atoms with van der Waals surface area (Å²) in [6.45, 7) is -0.614. The number of sulfonamides is 1. The van der Waals surface area contributed by atoms with Crippen LogP contribution in [0.4, 0.5) is 17.1 Å². The fourth-order valence-corrected chi connectivity index (χ4v) is 3.81. The van der Waals surface area contributed by atoms with Gasteiger partial charge in [0.15, 0.2) is 5.75 Å². The molecule has 0 aliphatic heterocycles. The van der Waals surface area contributed by atoms with Crippen LogP contribution in [0.15, 0.2) is 72.8 Å². The van der Waals surface area contributed by atoms with Crippen LogP contribution in [0.2, 0.25) is 5.02 Å². The molecule has 0 aliphatic rings. The van der Waals surface area contributed by atoms with E-state index in [2.05, 4.69) is 5.32 Å². The second-order valence-corrected chi connectivity index (χ2v) is 8.99. The van der Waals surface area contributed by atoms with E-state index in [1.54, 1.807) is 36.4 Å². The molecule has 1 amide bonds. The Morgan fingerprint density at radius 1 is 1.09 bits per heavy atom. The summed E-state index contributed by atoms with van der Waals surface area (Å²) >= 11 is 6.05. The minimum absolute atomic E-state index is 0.0105. The fourth-order valence-electron chi connectivity index (χ4n) is 2.79. The molecule has 166 valence electrons. The van der Waals surface area contributed by atoms with Crippen LogP contribution >= 0.6 is 11.6 Å². The van der Waals surface area contributed by atoms with Crippen molar-refractivity contribution in [2.75, 3.05) is 22.4 Å². The number of hydrogen-bond acceptors (Lipinski definition) is 6. The largest absolute Gasteiger partial charge is 0.455 e. The molecule has 0 atom stereocenters. The number of nitrogens with one attached hydrogen (secondary N) is 1. The number of nitrogens with zero attached hydrogens (tertiary/aromatic N) is 2. The molecule has 0 radical (unpaired) electrons. The molecule has 0 saturated heterocycles. The van der Waals surface area contributed by atoms with Crippen LogP contribution in [0, 0.1) is 10.1 Å². The Hall–Kier alpha value is -3.63. The molecular weight excluding hydrogens is 458 g/mol. The number of hydrogen-bond donors (Lipinski definition) is 1. The first-order valence-corrected chi connectivity index (χ1v) is 11.4. The maximum Gasteiger partial charge on any atom is 0.271 e. The highest BCUT2D eigenvalue weighted by Crippen LogP contribution is 2.32. The van der Waals surface area contributed by atoms with Crippen molar-refractivity contribution >= 4 is 44.6 Å². The Kier molecular flexibility index (Phi) is 6.96. The number of amides is 1. The van der Waals surface area contributed by atoms with Crippen LogP contribution in [0.5, 0.6) is 11.5 Å². The van der Waals surface area contributed by atoms with Crippen LogP contribution < -0.4 is 14.4 Å². The minimum Gasteiger partial charge on any atom is -0.455 e. The average molecular weight is 476 g/mol. The molecule has 3 aromatic rings. The highest BCUT2D eigenvalue weighted by molar-refractivity contribution is 7.92. The zero-order valence-corrected chi connectivity index (χ0v) is 18.3. The average Bonchev–Trinajstić information content (AvgIpc) is 2.74. The normalized spacial score (nSPS) is 10.9. The molecule has 3 aromatic carbocycles. The smallest absolute Gasteiger partial charge is 0.271 e. The van der Waals surface area contributed by atoms with Crippen molar-refractivity contribution < 1.29 is 22.9 Å². The zero-order valence-electron chi connectivity index (χ0n) is 16.8. The number of nitro groups is 1. The molecule has 0 unspecified atom stereocenters. The summed E-state index contributed by atoms with van der Waals surface area (Å²) in [5.74, 6) is 0.136. The number of benzene rings is 3. The second kappa shape index (κ2) is 9.67. The highest BCUT2D eigenvalue weighted by Gasteiger charge is 2.23. The van der Waals surface area contributed by atoms with Crippen molar-refractivity contribution in [2.24, 2.45) is 0 Å². The molecule has 0 spiro atoms. The van der Waals surface area contributed by atoms with Gasteiger partial charge in [0, 0.05) is 17.2 Å². The lowest BCUT2D eigenvalue weighted by Gasteiger charge is -2.22. The van der Waals surface area contributed by atoms with Gasteiger partial charge in [-0.25, -0.2) is 8.42 Å². The second-order valence-electron chi connectivity index (χ2n) is 6.65. The van der Waals surface area contributed by atoms with Crippen LogP contribution in [0.25, 0.3) is 0 Å². The minimum atomic E-state index is -3.92. The standard InChI is InChI=1S/C21H18ClN3O6S/c1-32(29,30)24(16-6-5-7-17(13-16)25(27)28)14-21(26)23-19-12-15(22)10-11-20(19)31-18-8-3-2-4-9-18/h2-13H,14H2,1H3,(H,23,26). The lowest BCUT2D eigenvalue weighted by atomic mass is 10.2. The van der Waals surface area contributed by atoms with E-state index in [1.807, 2.05) is 6.07 Å². The van der Waals surface area contributed by atoms with Gasteiger partial charge in [-0.15, -0.1) is 0 Å². The van der Waals surface area contributed by atoms with Crippen molar-refractivity contribution in [3.05, 3.63) is 87.9 Å². The van der Waals surface area contributed by atoms with E-state index in [0.717, 1.165) is 16.6 Å². The highest BCUT2D eigenvalue weighted by atomic mass is 35.5. The Labute approximate surface area is 189 Å². The Morgan fingerprint density at radius 2 is 1.81 bits per heavy atom. The lowest BCUT2D eigenvalue weighted by Crippen LogP contribution is -2.37. The van der Waals surface area contributed by atoms with E-state index in [1.165, 1.54) is 24.3 Å². The molecule has 0 fully saturated rings. The third kappa shape index (κ3) is 5.96. The van der Waals surface area contributed by atoms with Gasteiger partial charge in [0.2, 0.25) is 15.9 Å². The van der Waals surface area contributed by atoms with Gasteiger partial charge in [0.05, 0.1) is 22.6 Å². The molecule has 0 saturated carbocycles. The monoisotopic (exact) mass is 475 g/mol. The molecule has 0 bridgehead atoms. The summed E-state index contributed by atoms with van der Waals surface area (Å²) in [5, 5.41) is 14.0. The van der Waals surface area contributed by atoms with Crippen molar-refractivity contribution in [2.45, 2.75) is 0 Å². The lowest BCUT2D eigenvalue weighted by molar-refractivity contribution is -0.384. The number of nitro benzene ring substituents is 1. The van der Waals surface area contributed by atoms with Crippen LogP contribution in [0.3, 0.4) is 0 Å². The predicted molar refractivity (Wildman–Crippen MR) is 122 cm³/mol. The number of carbonyl (C=O) groups is 1. The van der Waals surface area contributed by atoms with Crippen molar-refractivity contribution in [3.63, 3.8) is 0 Å². The van der Waals surface area contributed by atoms with Gasteiger partial charge < -0.3 is 10.1 Å². The molecule has 0 aliphatic carbocycles. The van der Waals surface area contributed by atoms with Gasteiger partial charge >= 0.3 is 0 Å². The van der Waals surface area contributed by atoms with Crippen LogP contribution in [0.1, 0.15) is 0 Å². The molecule has 0 aromatic heterocycles. The van der Waals surface area contributed by atoms with Crippen LogP contribution in [-0.4, -0.2) is 32.0 Å². The van der Waals surface area contributed by atoms with Gasteiger partial charge in [-0.3, -0.25) is 19.2 Å². The summed E-state index contributed by atoms with van der Waals surface area (Å²) in [4.78, 5) is 23.1. The van der Waals surface area contributed by atoms with Gasteiger partial charge in [0.25, 0.3) is 5.69 Å². The van der Waals surface area contributed by atoms with Gasteiger partial charge in [-0.2, -0.15) is 0 Å². The third-order valence-electron chi connectivity index (χ3n) is 4.20. The molecular formula is C21H18ClN3O6S.